The normalized spacial score (nSPS) is 10.1. The van der Waals surface area contributed by atoms with E-state index < -0.39 is 5.97 Å². The van der Waals surface area contributed by atoms with E-state index in [9.17, 15) is 4.79 Å². The number of aromatic nitrogens is 1. The third kappa shape index (κ3) is 2.24. The second-order valence-corrected chi connectivity index (χ2v) is 2.92. The van der Waals surface area contributed by atoms with Crippen molar-refractivity contribution >= 4 is 17.7 Å². The third-order valence-corrected chi connectivity index (χ3v) is 1.84. The largest absolute Gasteiger partial charge is 0.476 e. The van der Waals surface area contributed by atoms with Gasteiger partial charge in [-0.2, -0.15) is 4.98 Å². The van der Waals surface area contributed by atoms with Gasteiger partial charge in [0.1, 0.15) is 6.26 Å². The number of aliphatic hydroxyl groups is 1. The summed E-state index contributed by atoms with van der Waals surface area (Å²) in [6, 6.07) is 0. The second-order valence-electron chi connectivity index (χ2n) is 1.88. The Morgan fingerprint density at radius 2 is 2.50 bits per heavy atom. The predicted molar refractivity (Wildman–Crippen MR) is 41.3 cm³/mol. The fraction of sp³-hybridized carbons (Fsp3) is 0.333. The lowest BCUT2D eigenvalue weighted by molar-refractivity contribution is 0.0690. The zero-order chi connectivity index (χ0) is 8.97. The van der Waals surface area contributed by atoms with Gasteiger partial charge in [0.2, 0.25) is 0 Å². The van der Waals surface area contributed by atoms with Crippen LogP contribution in [0.25, 0.3) is 0 Å². The van der Waals surface area contributed by atoms with Gasteiger partial charge in [-0.25, -0.2) is 4.79 Å². The van der Waals surface area contributed by atoms with Gasteiger partial charge in [0.25, 0.3) is 5.22 Å². The van der Waals surface area contributed by atoms with Crippen molar-refractivity contribution < 1.29 is 19.4 Å². The number of rotatable bonds is 4. The van der Waals surface area contributed by atoms with Crippen LogP contribution in [-0.4, -0.2) is 33.5 Å². The van der Waals surface area contributed by atoms with Gasteiger partial charge in [-0.3, -0.25) is 0 Å². The molecule has 1 aromatic rings. The van der Waals surface area contributed by atoms with Crippen LogP contribution in [0.4, 0.5) is 0 Å². The molecular formula is C6H7NO4S. The summed E-state index contributed by atoms with van der Waals surface area (Å²) in [5.41, 5.74) is -0.115. The number of carbonyl (C=O) groups is 1. The van der Waals surface area contributed by atoms with Gasteiger partial charge in [0.15, 0.2) is 5.69 Å². The van der Waals surface area contributed by atoms with Crippen molar-refractivity contribution in [1.82, 2.24) is 4.98 Å². The fourth-order valence-electron chi connectivity index (χ4n) is 0.555. The maximum Gasteiger partial charge on any atom is 0.357 e. The summed E-state index contributed by atoms with van der Waals surface area (Å²) in [5, 5.41) is 17.1. The molecule has 0 saturated carbocycles. The Hall–Kier alpha value is -1.01. The van der Waals surface area contributed by atoms with Crippen LogP contribution in [0.3, 0.4) is 0 Å². The minimum atomic E-state index is -1.12. The van der Waals surface area contributed by atoms with Crippen molar-refractivity contribution in [3.63, 3.8) is 0 Å². The molecule has 0 aliphatic heterocycles. The molecule has 0 fully saturated rings. The highest BCUT2D eigenvalue weighted by Gasteiger charge is 2.09. The highest BCUT2D eigenvalue weighted by Crippen LogP contribution is 2.15. The van der Waals surface area contributed by atoms with E-state index in [2.05, 4.69) is 4.98 Å². The standard InChI is InChI=1S/C6H7NO4S/c8-1-2-12-6-7-4(3-11-6)5(9)10/h3,8H,1-2H2,(H,9,10). The van der Waals surface area contributed by atoms with E-state index in [1.165, 1.54) is 11.8 Å². The molecule has 12 heavy (non-hydrogen) atoms. The van der Waals surface area contributed by atoms with Crippen LogP contribution in [0.2, 0.25) is 0 Å². The number of aromatic carboxylic acids is 1. The summed E-state index contributed by atoms with van der Waals surface area (Å²) < 4.78 is 4.79. The van der Waals surface area contributed by atoms with E-state index in [4.69, 9.17) is 14.6 Å². The molecule has 0 aromatic carbocycles. The molecule has 0 aliphatic rings. The molecular weight excluding hydrogens is 182 g/mol. The number of nitrogens with zero attached hydrogens (tertiary/aromatic N) is 1. The smallest absolute Gasteiger partial charge is 0.357 e. The molecule has 5 nitrogen and oxygen atoms in total. The van der Waals surface area contributed by atoms with Gasteiger partial charge in [-0.1, -0.05) is 11.8 Å². The Balaban J connectivity index is 2.58. The number of hydrogen-bond acceptors (Lipinski definition) is 5. The Labute approximate surface area is 72.4 Å². The Morgan fingerprint density at radius 3 is 3.00 bits per heavy atom. The molecule has 1 rings (SSSR count). The first-order valence-corrected chi connectivity index (χ1v) is 4.15. The van der Waals surface area contributed by atoms with Crippen LogP contribution in [0, 0.1) is 0 Å². The van der Waals surface area contributed by atoms with Crippen molar-refractivity contribution in [2.75, 3.05) is 12.4 Å². The number of carboxylic acids is 1. The molecule has 2 N–H and O–H groups in total. The molecule has 0 amide bonds. The average molecular weight is 189 g/mol. The second kappa shape index (κ2) is 4.13. The Bertz CT molecular complexity index is 272. The fourth-order valence-corrected chi connectivity index (χ4v) is 1.10. The van der Waals surface area contributed by atoms with Gasteiger partial charge in [0, 0.05) is 5.75 Å². The first kappa shape index (κ1) is 9.08. The molecule has 0 aliphatic carbocycles. The molecule has 6 heteroatoms. The zero-order valence-corrected chi connectivity index (χ0v) is 6.87. The SMILES string of the molecule is O=C(O)c1coc(SCCO)n1. The van der Waals surface area contributed by atoms with Crippen molar-refractivity contribution in [1.29, 1.82) is 0 Å². The van der Waals surface area contributed by atoms with Crippen LogP contribution in [-0.2, 0) is 0 Å². The van der Waals surface area contributed by atoms with E-state index >= 15 is 0 Å². The quantitative estimate of drug-likeness (QED) is 0.669. The van der Waals surface area contributed by atoms with Gasteiger partial charge in [-0.15, -0.1) is 0 Å². The van der Waals surface area contributed by atoms with E-state index in [1.54, 1.807) is 0 Å². The molecule has 1 heterocycles. The molecule has 1 aromatic heterocycles. The lowest BCUT2D eigenvalue weighted by Crippen LogP contribution is -1.95. The van der Waals surface area contributed by atoms with E-state index in [-0.39, 0.29) is 17.5 Å². The predicted octanol–water partition coefficient (Wildman–Crippen LogP) is 0.457. The van der Waals surface area contributed by atoms with Gasteiger partial charge >= 0.3 is 5.97 Å². The number of thioether (sulfide) groups is 1. The lowest BCUT2D eigenvalue weighted by Gasteiger charge is -1.88. The lowest BCUT2D eigenvalue weighted by atomic mass is 10.5. The first-order valence-electron chi connectivity index (χ1n) is 3.16. The van der Waals surface area contributed by atoms with Crippen molar-refractivity contribution in [2.45, 2.75) is 5.22 Å². The van der Waals surface area contributed by atoms with Gasteiger partial charge in [0.05, 0.1) is 6.61 Å². The third-order valence-electron chi connectivity index (χ3n) is 1.02. The molecule has 0 spiro atoms. The van der Waals surface area contributed by atoms with Crippen molar-refractivity contribution in [2.24, 2.45) is 0 Å². The van der Waals surface area contributed by atoms with Gasteiger partial charge in [-0.05, 0) is 0 Å². The van der Waals surface area contributed by atoms with Crippen LogP contribution < -0.4 is 0 Å². The monoisotopic (exact) mass is 189 g/mol. The minimum absolute atomic E-state index is 0.00938. The molecule has 0 radical (unpaired) electrons. The Kier molecular flexibility index (Phi) is 3.12. The minimum Gasteiger partial charge on any atom is -0.476 e. The van der Waals surface area contributed by atoms with Crippen LogP contribution in [0.15, 0.2) is 15.9 Å². The topological polar surface area (TPSA) is 83.6 Å². The summed E-state index contributed by atoms with van der Waals surface area (Å²) in [4.78, 5) is 13.9. The molecule has 66 valence electrons. The number of aliphatic hydroxyl groups excluding tert-OH is 1. The summed E-state index contributed by atoms with van der Waals surface area (Å²) in [6.07, 6.45) is 1.07. The summed E-state index contributed by atoms with van der Waals surface area (Å²) in [7, 11) is 0. The highest BCUT2D eigenvalue weighted by atomic mass is 32.2. The van der Waals surface area contributed by atoms with Crippen molar-refractivity contribution in [3.8, 4) is 0 Å². The van der Waals surface area contributed by atoms with Crippen LogP contribution in [0.1, 0.15) is 10.5 Å². The molecule has 0 bridgehead atoms. The van der Waals surface area contributed by atoms with E-state index in [1.807, 2.05) is 0 Å². The maximum atomic E-state index is 10.3. The molecule has 0 saturated heterocycles. The number of hydrogen-bond donors (Lipinski definition) is 2. The number of oxazole rings is 1. The van der Waals surface area contributed by atoms with E-state index in [0.717, 1.165) is 6.26 Å². The highest BCUT2D eigenvalue weighted by molar-refractivity contribution is 7.99. The summed E-state index contributed by atoms with van der Waals surface area (Å²) in [5.74, 6) is -0.672. The van der Waals surface area contributed by atoms with Gasteiger partial charge < -0.3 is 14.6 Å². The van der Waals surface area contributed by atoms with Crippen molar-refractivity contribution in [3.05, 3.63) is 12.0 Å². The Morgan fingerprint density at radius 1 is 1.75 bits per heavy atom. The zero-order valence-electron chi connectivity index (χ0n) is 6.06. The van der Waals surface area contributed by atoms with Crippen LogP contribution in [0.5, 0.6) is 0 Å². The van der Waals surface area contributed by atoms with Crippen LogP contribution >= 0.6 is 11.8 Å². The maximum absolute atomic E-state index is 10.3. The molecule has 0 atom stereocenters. The summed E-state index contributed by atoms with van der Waals surface area (Å²) >= 11 is 1.17. The first-order chi connectivity index (χ1) is 5.74. The average Bonchev–Trinajstić information content (AvgIpc) is 2.48. The number of carboxylic acid groups (broad SMARTS) is 1. The van der Waals surface area contributed by atoms with E-state index in [0.29, 0.717) is 5.75 Å². The summed E-state index contributed by atoms with van der Waals surface area (Å²) in [6.45, 7) is 0.00938. The molecule has 0 unspecified atom stereocenters.